The number of ether oxygens (including phenoxy) is 1. The zero-order valence-electron chi connectivity index (χ0n) is 13.8. The average molecular weight is 347 g/mol. The molecule has 0 bridgehead atoms. The first kappa shape index (κ1) is 17.8. The summed E-state index contributed by atoms with van der Waals surface area (Å²) in [6.07, 6.45) is 0.323. The van der Waals surface area contributed by atoms with E-state index in [0.29, 0.717) is 28.4 Å². The lowest BCUT2D eigenvalue weighted by molar-refractivity contribution is -0.127. The zero-order valence-corrected chi connectivity index (χ0v) is 14.6. The highest BCUT2D eigenvalue weighted by atomic mass is 35.5. The van der Waals surface area contributed by atoms with Gasteiger partial charge < -0.3 is 15.0 Å². The van der Waals surface area contributed by atoms with Crippen molar-refractivity contribution < 1.29 is 14.3 Å². The number of likely N-dealkylation sites (N-methyl/N-ethyl adjacent to an activating group) is 1. The molecule has 0 radical (unpaired) electrons. The molecule has 6 heteroatoms. The number of nitrogens with zero attached hydrogens (tertiary/aromatic N) is 1. The van der Waals surface area contributed by atoms with Gasteiger partial charge >= 0.3 is 0 Å². The number of methoxy groups -OCH3 is 1. The summed E-state index contributed by atoms with van der Waals surface area (Å²) in [4.78, 5) is 25.6. The van der Waals surface area contributed by atoms with Gasteiger partial charge in [0.15, 0.2) is 0 Å². The quantitative estimate of drug-likeness (QED) is 0.904. The Bertz CT molecular complexity index is 742. The molecule has 0 aromatic heterocycles. The molecule has 0 atom stereocenters. The van der Waals surface area contributed by atoms with E-state index in [1.165, 1.54) is 7.11 Å². The summed E-state index contributed by atoms with van der Waals surface area (Å²) in [5.41, 5.74) is 1.87. The van der Waals surface area contributed by atoms with Crippen LogP contribution in [0.5, 0.6) is 5.75 Å². The van der Waals surface area contributed by atoms with Crippen molar-refractivity contribution in [3.05, 3.63) is 58.6 Å². The second-order valence-corrected chi connectivity index (χ2v) is 5.90. The fourth-order valence-corrected chi connectivity index (χ4v) is 2.27. The lowest BCUT2D eigenvalue weighted by Gasteiger charge is -2.11. The molecule has 126 valence electrons. The summed E-state index contributed by atoms with van der Waals surface area (Å²) in [5.74, 6) is 0.159. The molecule has 1 N–H and O–H groups in total. The number of rotatable bonds is 5. The molecule has 2 aromatic rings. The van der Waals surface area contributed by atoms with Crippen molar-refractivity contribution in [3.63, 3.8) is 0 Å². The first-order valence-electron chi connectivity index (χ1n) is 7.34. The minimum absolute atomic E-state index is 0.0236. The molecule has 0 saturated carbocycles. The number of nitrogens with one attached hydrogen (secondary N) is 1. The van der Waals surface area contributed by atoms with Gasteiger partial charge in [-0.15, -0.1) is 0 Å². The molecule has 2 aromatic carbocycles. The van der Waals surface area contributed by atoms with Gasteiger partial charge in [-0.1, -0.05) is 23.7 Å². The number of carbonyl (C=O) groups excluding carboxylic acids is 2. The van der Waals surface area contributed by atoms with Gasteiger partial charge in [0.05, 0.1) is 19.1 Å². The van der Waals surface area contributed by atoms with Gasteiger partial charge in [0, 0.05) is 24.8 Å². The smallest absolute Gasteiger partial charge is 0.259 e. The molecule has 0 saturated heterocycles. The Hall–Kier alpha value is -2.53. The Morgan fingerprint density at radius 1 is 1.12 bits per heavy atom. The average Bonchev–Trinajstić information content (AvgIpc) is 2.56. The van der Waals surface area contributed by atoms with Gasteiger partial charge in [0.2, 0.25) is 5.91 Å². The maximum atomic E-state index is 12.4. The van der Waals surface area contributed by atoms with E-state index in [-0.39, 0.29) is 11.8 Å². The van der Waals surface area contributed by atoms with Crippen LogP contribution in [0, 0.1) is 0 Å². The van der Waals surface area contributed by atoms with E-state index >= 15 is 0 Å². The van der Waals surface area contributed by atoms with Gasteiger partial charge in [0.1, 0.15) is 5.75 Å². The van der Waals surface area contributed by atoms with Crippen LogP contribution in [0.15, 0.2) is 42.5 Å². The van der Waals surface area contributed by atoms with Crippen LogP contribution in [0.25, 0.3) is 0 Å². The van der Waals surface area contributed by atoms with Crippen LogP contribution in [-0.4, -0.2) is 37.9 Å². The highest BCUT2D eigenvalue weighted by Crippen LogP contribution is 2.23. The minimum atomic E-state index is -0.313. The SMILES string of the molecule is COc1ccc(Cl)cc1C(=O)Nc1ccc(CC(=O)N(C)C)cc1. The Balaban J connectivity index is 2.10. The third-order valence-corrected chi connectivity index (χ3v) is 3.71. The second-order valence-electron chi connectivity index (χ2n) is 5.46. The van der Waals surface area contributed by atoms with Crippen LogP contribution in [0.3, 0.4) is 0 Å². The van der Waals surface area contributed by atoms with Crippen molar-refractivity contribution in [1.82, 2.24) is 4.90 Å². The molecule has 0 aliphatic carbocycles. The number of halogens is 1. The number of benzene rings is 2. The summed E-state index contributed by atoms with van der Waals surface area (Å²) < 4.78 is 5.18. The molecule has 24 heavy (non-hydrogen) atoms. The van der Waals surface area contributed by atoms with Gasteiger partial charge in [0.25, 0.3) is 5.91 Å². The fourth-order valence-electron chi connectivity index (χ4n) is 2.09. The normalized spacial score (nSPS) is 10.2. The van der Waals surface area contributed by atoms with Crippen LogP contribution in [-0.2, 0) is 11.2 Å². The first-order valence-corrected chi connectivity index (χ1v) is 7.72. The Morgan fingerprint density at radius 3 is 2.38 bits per heavy atom. The molecule has 0 fully saturated rings. The highest BCUT2D eigenvalue weighted by Gasteiger charge is 2.13. The minimum Gasteiger partial charge on any atom is -0.496 e. The van der Waals surface area contributed by atoms with Crippen molar-refractivity contribution in [3.8, 4) is 5.75 Å². The standard InChI is InChI=1S/C18H19ClN2O3/c1-21(2)17(22)10-12-4-7-14(8-5-12)20-18(23)15-11-13(19)6-9-16(15)24-3/h4-9,11H,10H2,1-3H3,(H,20,23). The number of amides is 2. The van der Waals surface area contributed by atoms with Crippen LogP contribution in [0.4, 0.5) is 5.69 Å². The summed E-state index contributed by atoms with van der Waals surface area (Å²) >= 11 is 5.94. The molecule has 2 rings (SSSR count). The number of anilines is 1. The van der Waals surface area contributed by atoms with Crippen molar-refractivity contribution in [2.75, 3.05) is 26.5 Å². The molecule has 5 nitrogen and oxygen atoms in total. The van der Waals surface area contributed by atoms with Gasteiger partial charge in [-0.3, -0.25) is 9.59 Å². The Labute approximate surface area is 146 Å². The highest BCUT2D eigenvalue weighted by molar-refractivity contribution is 6.31. The van der Waals surface area contributed by atoms with Crippen molar-refractivity contribution in [1.29, 1.82) is 0 Å². The lowest BCUT2D eigenvalue weighted by Crippen LogP contribution is -2.23. The molecule has 0 aliphatic heterocycles. The van der Waals surface area contributed by atoms with Crippen LogP contribution < -0.4 is 10.1 Å². The summed E-state index contributed by atoms with van der Waals surface area (Å²) in [6, 6.07) is 12.0. The van der Waals surface area contributed by atoms with E-state index in [0.717, 1.165) is 5.56 Å². The van der Waals surface area contributed by atoms with Gasteiger partial charge in [-0.25, -0.2) is 0 Å². The topological polar surface area (TPSA) is 58.6 Å². The van der Waals surface area contributed by atoms with Crippen LogP contribution in [0.2, 0.25) is 5.02 Å². The van der Waals surface area contributed by atoms with Crippen molar-refractivity contribution in [2.45, 2.75) is 6.42 Å². The van der Waals surface area contributed by atoms with Crippen molar-refractivity contribution in [2.24, 2.45) is 0 Å². The molecule has 0 unspecified atom stereocenters. The lowest BCUT2D eigenvalue weighted by atomic mass is 10.1. The van der Waals surface area contributed by atoms with E-state index in [2.05, 4.69) is 5.32 Å². The molecule has 0 aliphatic rings. The number of hydrogen-bond acceptors (Lipinski definition) is 3. The van der Waals surface area contributed by atoms with E-state index < -0.39 is 0 Å². The van der Waals surface area contributed by atoms with E-state index in [4.69, 9.17) is 16.3 Å². The third-order valence-electron chi connectivity index (χ3n) is 3.47. The maximum absolute atomic E-state index is 12.4. The largest absolute Gasteiger partial charge is 0.496 e. The monoisotopic (exact) mass is 346 g/mol. The Kier molecular flexibility index (Phi) is 5.82. The van der Waals surface area contributed by atoms with Gasteiger partial charge in [-0.05, 0) is 35.9 Å². The molecular weight excluding hydrogens is 328 g/mol. The summed E-state index contributed by atoms with van der Waals surface area (Å²) in [7, 11) is 4.93. The van der Waals surface area contributed by atoms with Gasteiger partial charge in [-0.2, -0.15) is 0 Å². The first-order chi connectivity index (χ1) is 11.4. The maximum Gasteiger partial charge on any atom is 0.259 e. The molecule has 0 spiro atoms. The van der Waals surface area contributed by atoms with E-state index in [1.807, 2.05) is 12.1 Å². The summed E-state index contributed by atoms with van der Waals surface area (Å²) in [6.45, 7) is 0. The van der Waals surface area contributed by atoms with Crippen LogP contribution >= 0.6 is 11.6 Å². The second kappa shape index (κ2) is 7.84. The molecular formula is C18H19ClN2O3. The molecule has 0 heterocycles. The zero-order chi connectivity index (χ0) is 17.7. The fraction of sp³-hybridized carbons (Fsp3) is 0.222. The third kappa shape index (κ3) is 4.49. The van der Waals surface area contributed by atoms with E-state index in [1.54, 1.807) is 49.3 Å². The number of carbonyl (C=O) groups is 2. The van der Waals surface area contributed by atoms with Crippen molar-refractivity contribution >= 4 is 29.1 Å². The predicted octanol–water partition coefficient (Wildman–Crippen LogP) is 3.23. The predicted molar refractivity (Wildman–Crippen MR) is 94.8 cm³/mol. The van der Waals surface area contributed by atoms with E-state index in [9.17, 15) is 9.59 Å². The number of hydrogen-bond donors (Lipinski definition) is 1. The summed E-state index contributed by atoms with van der Waals surface area (Å²) in [5, 5.41) is 3.25. The Morgan fingerprint density at radius 2 is 1.79 bits per heavy atom. The van der Waals surface area contributed by atoms with Crippen LogP contribution in [0.1, 0.15) is 15.9 Å². The molecule has 2 amide bonds.